The third-order valence-corrected chi connectivity index (χ3v) is 12.4. The van der Waals surface area contributed by atoms with E-state index < -0.39 is 23.4 Å². The van der Waals surface area contributed by atoms with Crippen LogP contribution in [0.15, 0.2) is 109 Å². The minimum Gasteiger partial charge on any atom is -0.321 e. The van der Waals surface area contributed by atoms with Gasteiger partial charge in [0.25, 0.3) is 11.8 Å². The minimum absolute atomic E-state index is 0.0267. The number of nitrogens with one attached hydrogen (secondary N) is 2. The molecule has 264 valence electrons. The molecule has 0 saturated heterocycles. The fourth-order valence-corrected chi connectivity index (χ4v) is 9.96. The summed E-state index contributed by atoms with van der Waals surface area (Å²) < 4.78 is 10.3. The van der Waals surface area contributed by atoms with E-state index in [4.69, 9.17) is 0 Å². The molecule has 0 bridgehead atoms. The summed E-state index contributed by atoms with van der Waals surface area (Å²) in [6, 6.07) is 30.1. The number of aromatic nitrogens is 2. The maximum absolute atomic E-state index is 14.2. The van der Waals surface area contributed by atoms with Gasteiger partial charge in [0.15, 0.2) is 23.1 Å². The number of carbonyl (C=O) groups excluding carboxylic acids is 6. The van der Waals surface area contributed by atoms with Crippen LogP contribution >= 0.6 is 23.1 Å². The number of hydrogen-bond acceptors (Lipinski definition) is 10. The van der Waals surface area contributed by atoms with Gasteiger partial charge in [-0.15, -0.1) is 0 Å². The first-order valence-electron chi connectivity index (χ1n) is 17.4. The summed E-state index contributed by atoms with van der Waals surface area (Å²) in [5.41, 5.74) is 5.72. The van der Waals surface area contributed by atoms with Crippen molar-refractivity contribution in [2.75, 3.05) is 10.6 Å². The Balaban J connectivity index is 0.924. The van der Waals surface area contributed by atoms with Gasteiger partial charge in [-0.1, -0.05) is 72.8 Å². The van der Waals surface area contributed by atoms with Crippen molar-refractivity contribution in [1.82, 2.24) is 8.75 Å². The van der Waals surface area contributed by atoms with Crippen LogP contribution in [0.5, 0.6) is 0 Å². The van der Waals surface area contributed by atoms with Crippen LogP contribution in [0.2, 0.25) is 0 Å². The molecule has 12 heteroatoms. The van der Waals surface area contributed by atoms with Crippen LogP contribution in [0.25, 0.3) is 42.7 Å². The van der Waals surface area contributed by atoms with Crippen molar-refractivity contribution in [3.8, 4) is 22.5 Å². The number of fused-ring (bicyclic) bond motifs is 6. The lowest BCUT2D eigenvalue weighted by Gasteiger charge is -2.23. The summed E-state index contributed by atoms with van der Waals surface area (Å²) in [5, 5.41) is 6.90. The zero-order valence-corrected chi connectivity index (χ0v) is 30.2. The number of nitrogens with zero attached hydrogens (tertiary/aromatic N) is 2. The molecule has 10 nitrogen and oxygen atoms in total. The van der Waals surface area contributed by atoms with Crippen LogP contribution in [0.3, 0.4) is 0 Å². The van der Waals surface area contributed by atoms with E-state index in [0.29, 0.717) is 64.9 Å². The third-order valence-electron chi connectivity index (χ3n) is 10.6. The zero-order chi connectivity index (χ0) is 38.0. The molecule has 8 aromatic rings. The molecule has 11 rings (SSSR count). The molecular weight excluding hydrogens is 745 g/mol. The van der Waals surface area contributed by atoms with E-state index in [9.17, 15) is 28.8 Å². The maximum Gasteiger partial charge on any atom is 0.257 e. The summed E-state index contributed by atoms with van der Waals surface area (Å²) in [4.78, 5) is 83.1. The van der Waals surface area contributed by atoms with E-state index >= 15 is 0 Å². The largest absolute Gasteiger partial charge is 0.321 e. The van der Waals surface area contributed by atoms with Gasteiger partial charge in [-0.05, 0) is 59.5 Å². The van der Waals surface area contributed by atoms with Crippen molar-refractivity contribution in [2.24, 2.45) is 0 Å². The zero-order valence-electron chi connectivity index (χ0n) is 28.6. The van der Waals surface area contributed by atoms with E-state index in [1.165, 1.54) is 12.1 Å². The van der Waals surface area contributed by atoms with Crippen LogP contribution in [-0.2, 0) is 0 Å². The van der Waals surface area contributed by atoms with Crippen molar-refractivity contribution in [1.29, 1.82) is 0 Å². The van der Waals surface area contributed by atoms with Crippen molar-refractivity contribution in [3.63, 3.8) is 0 Å². The first-order valence-corrected chi connectivity index (χ1v) is 19.0. The Kier molecular flexibility index (Phi) is 6.67. The number of hydrogen-bond donors (Lipinski definition) is 2. The Hall–Kier alpha value is -7.28. The van der Waals surface area contributed by atoms with Crippen LogP contribution in [0.4, 0.5) is 11.4 Å². The number of carbonyl (C=O) groups is 6. The standard InChI is InChI=1S/C44H20N4O6S2/c49-37-21-9-3-1-7-19(21)35-33-25(37)15-17-27(41(33)55-47-35)43(53)45-29-13-5-11-23-31(29)39(51)24-12-6-14-30(32(24)40(23)52)46-44(54)28-18-16-26-34-36(48-56-42(28)34)20-8-2-4-10-22(20)38(26)50/h1-18H,(H,45,53)(H,46,54). The summed E-state index contributed by atoms with van der Waals surface area (Å²) >= 11 is 2.23. The molecule has 2 amide bonds. The van der Waals surface area contributed by atoms with Gasteiger partial charge in [0, 0.05) is 55.3 Å². The summed E-state index contributed by atoms with van der Waals surface area (Å²) in [7, 11) is 0. The lowest BCUT2D eigenvalue weighted by atomic mass is 9.82. The Morgan fingerprint density at radius 3 is 1.23 bits per heavy atom. The molecule has 6 aromatic carbocycles. The van der Waals surface area contributed by atoms with E-state index in [-0.39, 0.29) is 56.3 Å². The second-order valence-corrected chi connectivity index (χ2v) is 15.1. The number of rotatable bonds is 4. The van der Waals surface area contributed by atoms with Gasteiger partial charge in [0.2, 0.25) is 0 Å². The predicted molar refractivity (Wildman–Crippen MR) is 213 cm³/mol. The van der Waals surface area contributed by atoms with Gasteiger partial charge < -0.3 is 10.6 Å². The molecule has 3 aliphatic carbocycles. The van der Waals surface area contributed by atoms with E-state index in [1.54, 1.807) is 72.8 Å². The topological polar surface area (TPSA) is 152 Å². The Morgan fingerprint density at radius 2 is 0.804 bits per heavy atom. The first-order chi connectivity index (χ1) is 27.3. The number of anilines is 2. The molecule has 0 radical (unpaired) electrons. The van der Waals surface area contributed by atoms with Crippen molar-refractivity contribution < 1.29 is 28.8 Å². The van der Waals surface area contributed by atoms with Gasteiger partial charge >= 0.3 is 0 Å². The highest BCUT2D eigenvalue weighted by molar-refractivity contribution is 7.14. The minimum atomic E-state index is -0.535. The van der Waals surface area contributed by atoms with Gasteiger partial charge in [-0.3, -0.25) is 28.8 Å². The average molecular weight is 765 g/mol. The summed E-state index contributed by atoms with van der Waals surface area (Å²) in [6.07, 6.45) is 0. The molecule has 2 N–H and O–H groups in total. The SMILES string of the molecule is O=C1c2cccc(NC(=O)c3ccc4c5c(nsc35)-c3ccccc3C4=O)c2C(=O)c2cccc(NC(=O)c3ccc4c5c(nsc35)-c3ccccc3C4=O)c21. The summed E-state index contributed by atoms with van der Waals surface area (Å²) in [6.45, 7) is 0. The highest BCUT2D eigenvalue weighted by atomic mass is 32.1. The third kappa shape index (κ3) is 4.30. The quantitative estimate of drug-likeness (QED) is 0.181. The van der Waals surface area contributed by atoms with E-state index in [1.807, 2.05) is 24.3 Å². The molecule has 56 heavy (non-hydrogen) atoms. The molecule has 2 aromatic heterocycles. The van der Waals surface area contributed by atoms with Gasteiger partial charge in [0.1, 0.15) is 0 Å². The Morgan fingerprint density at radius 1 is 0.411 bits per heavy atom. The molecule has 0 saturated carbocycles. The van der Waals surface area contributed by atoms with E-state index in [0.717, 1.165) is 23.1 Å². The molecule has 0 atom stereocenters. The Labute approximate surface area is 323 Å². The Bertz CT molecular complexity index is 3020. The van der Waals surface area contributed by atoms with Crippen molar-refractivity contribution >= 4 is 89.6 Å². The number of ketones is 4. The molecule has 0 aliphatic heterocycles. The van der Waals surface area contributed by atoms with Crippen LogP contribution in [0.1, 0.15) is 84.4 Å². The summed E-state index contributed by atoms with van der Waals surface area (Å²) in [5.74, 6) is -2.37. The average Bonchev–Trinajstić information content (AvgIpc) is 3.87. The molecular formula is C44H20N4O6S2. The molecule has 3 aliphatic rings. The van der Waals surface area contributed by atoms with Crippen LogP contribution in [0, 0.1) is 0 Å². The van der Waals surface area contributed by atoms with Gasteiger partial charge in [0.05, 0.1) is 54.4 Å². The van der Waals surface area contributed by atoms with Gasteiger partial charge in [-0.25, -0.2) is 0 Å². The fraction of sp³-hybridized carbons (Fsp3) is 0. The second-order valence-electron chi connectivity index (χ2n) is 13.6. The first kappa shape index (κ1) is 32.2. The van der Waals surface area contributed by atoms with Crippen molar-refractivity contribution in [3.05, 3.63) is 165 Å². The number of benzene rings is 6. The van der Waals surface area contributed by atoms with Crippen LogP contribution < -0.4 is 10.6 Å². The maximum atomic E-state index is 14.2. The lowest BCUT2D eigenvalue weighted by Crippen LogP contribution is -2.26. The molecule has 0 spiro atoms. The van der Waals surface area contributed by atoms with Crippen molar-refractivity contribution in [2.45, 2.75) is 0 Å². The number of amides is 2. The van der Waals surface area contributed by atoms with Crippen LogP contribution in [-0.4, -0.2) is 43.7 Å². The second kappa shape index (κ2) is 11.6. The highest BCUT2D eigenvalue weighted by Crippen LogP contribution is 2.44. The predicted octanol–water partition coefficient (Wildman–Crippen LogP) is 8.61. The normalized spacial score (nSPS) is 13.3. The smallest absolute Gasteiger partial charge is 0.257 e. The molecule has 2 heterocycles. The van der Waals surface area contributed by atoms with Gasteiger partial charge in [-0.2, -0.15) is 8.75 Å². The fourth-order valence-electron chi connectivity index (χ4n) is 8.10. The molecule has 0 fully saturated rings. The molecule has 0 unspecified atom stereocenters. The highest BCUT2D eigenvalue weighted by Gasteiger charge is 2.36. The lowest BCUT2D eigenvalue weighted by molar-refractivity contribution is 0.0978. The van der Waals surface area contributed by atoms with E-state index in [2.05, 4.69) is 19.4 Å². The monoisotopic (exact) mass is 764 g/mol.